The molecule has 1 aromatic rings. The number of carbonyl (C=O) groups is 1. The predicted molar refractivity (Wildman–Crippen MR) is 84.7 cm³/mol. The Morgan fingerprint density at radius 2 is 2.12 bits per heavy atom. The molecule has 1 atom stereocenters. The van der Waals surface area contributed by atoms with Crippen LogP contribution in [0.1, 0.15) is 44.2 Å². The average Bonchev–Trinajstić information content (AvgIpc) is 2.52. The Morgan fingerprint density at radius 1 is 1.38 bits per heavy atom. The summed E-state index contributed by atoms with van der Waals surface area (Å²) in [4.78, 5) is 12.1. The van der Waals surface area contributed by atoms with Crippen LogP contribution in [-0.2, 0) is 17.5 Å². The maximum Gasteiger partial charge on any atom is 0.416 e. The molecule has 1 heterocycles. The Kier molecular flexibility index (Phi) is 6.10. The molecular weight excluding hydrogens is 321 g/mol. The highest BCUT2D eigenvalue weighted by atomic mass is 19.4. The molecule has 134 valence electrons. The first-order chi connectivity index (χ1) is 11.3. The van der Waals surface area contributed by atoms with E-state index < -0.39 is 11.7 Å². The first-order valence-electron chi connectivity index (χ1n) is 8.15. The fourth-order valence-corrected chi connectivity index (χ4v) is 2.70. The molecule has 7 heteroatoms. The summed E-state index contributed by atoms with van der Waals surface area (Å²) in [6.45, 7) is 4.10. The fourth-order valence-electron chi connectivity index (χ4n) is 2.70. The second kappa shape index (κ2) is 7.88. The normalized spacial score (nSPS) is 18.5. The molecule has 0 aliphatic carbocycles. The summed E-state index contributed by atoms with van der Waals surface area (Å²) in [7, 11) is 0. The van der Waals surface area contributed by atoms with Gasteiger partial charge in [0.15, 0.2) is 0 Å². The maximum atomic E-state index is 13.3. The third kappa shape index (κ3) is 5.12. The highest BCUT2D eigenvalue weighted by Gasteiger charge is 2.34. The van der Waals surface area contributed by atoms with Crippen LogP contribution in [-0.4, -0.2) is 24.6 Å². The number of alkyl halides is 3. The molecule has 1 fully saturated rings. The maximum absolute atomic E-state index is 13.3. The van der Waals surface area contributed by atoms with E-state index in [1.54, 1.807) is 13.8 Å². The van der Waals surface area contributed by atoms with E-state index in [2.05, 4.69) is 10.6 Å². The molecule has 24 heavy (non-hydrogen) atoms. The number of rotatable bonds is 5. The Balaban J connectivity index is 2.09. The predicted octanol–water partition coefficient (Wildman–Crippen LogP) is 3.25. The smallest absolute Gasteiger partial charge is 0.416 e. The van der Waals surface area contributed by atoms with Gasteiger partial charge in [0.25, 0.3) is 0 Å². The molecule has 2 rings (SSSR count). The van der Waals surface area contributed by atoms with E-state index in [9.17, 15) is 18.0 Å². The molecule has 2 N–H and O–H groups in total. The second-order valence-corrected chi connectivity index (χ2v) is 6.20. The van der Waals surface area contributed by atoms with Crippen molar-refractivity contribution in [1.29, 1.82) is 0 Å². The molecule has 4 nitrogen and oxygen atoms in total. The zero-order chi connectivity index (χ0) is 17.7. The van der Waals surface area contributed by atoms with Crippen LogP contribution in [0.15, 0.2) is 18.2 Å². The van der Waals surface area contributed by atoms with Crippen molar-refractivity contribution < 1.29 is 22.7 Å². The first kappa shape index (κ1) is 18.6. The quantitative estimate of drug-likeness (QED) is 0.862. The number of amides is 1. The standard InChI is InChI=1S/C17H23F3N2O2/c1-11(2)24-13-7-6-12(14(9-13)17(18,19)20)10-22-16(23)15-5-3-4-8-21-15/h6-7,9,11,15,21H,3-5,8,10H2,1-2H3,(H,22,23). The van der Waals surface area contributed by atoms with Crippen molar-refractivity contribution in [3.05, 3.63) is 29.3 Å². The van der Waals surface area contributed by atoms with Crippen LogP contribution < -0.4 is 15.4 Å². The number of hydrogen-bond acceptors (Lipinski definition) is 3. The van der Waals surface area contributed by atoms with E-state index in [4.69, 9.17) is 4.74 Å². The number of ether oxygens (including phenoxy) is 1. The van der Waals surface area contributed by atoms with Crippen LogP contribution in [0.25, 0.3) is 0 Å². The zero-order valence-corrected chi connectivity index (χ0v) is 13.9. The molecule has 1 aliphatic rings. The number of halogens is 3. The SMILES string of the molecule is CC(C)Oc1ccc(CNC(=O)C2CCCCN2)c(C(F)(F)F)c1. The minimum Gasteiger partial charge on any atom is -0.491 e. The number of piperidine rings is 1. The van der Waals surface area contributed by atoms with Crippen molar-refractivity contribution >= 4 is 5.91 Å². The molecule has 1 aromatic carbocycles. The van der Waals surface area contributed by atoms with Gasteiger partial charge in [-0.1, -0.05) is 12.5 Å². The highest BCUT2D eigenvalue weighted by Crippen LogP contribution is 2.34. The molecule has 1 saturated heterocycles. The van der Waals surface area contributed by atoms with Crippen LogP contribution in [0, 0.1) is 0 Å². The summed E-state index contributed by atoms with van der Waals surface area (Å²) < 4.78 is 45.1. The molecule has 0 saturated carbocycles. The van der Waals surface area contributed by atoms with Crippen LogP contribution in [0.3, 0.4) is 0 Å². The summed E-state index contributed by atoms with van der Waals surface area (Å²) in [5.41, 5.74) is -0.750. The number of nitrogens with one attached hydrogen (secondary N) is 2. The Bertz CT molecular complexity index is 567. The molecule has 0 bridgehead atoms. The van der Waals surface area contributed by atoms with Gasteiger partial charge in [-0.25, -0.2) is 0 Å². The lowest BCUT2D eigenvalue weighted by Gasteiger charge is -2.23. The minimum absolute atomic E-state index is 0.0303. The monoisotopic (exact) mass is 344 g/mol. The Hall–Kier alpha value is -1.76. The van der Waals surface area contributed by atoms with Crippen molar-refractivity contribution in [2.24, 2.45) is 0 Å². The topological polar surface area (TPSA) is 50.4 Å². The van der Waals surface area contributed by atoms with Gasteiger partial charge in [-0.05, 0) is 50.9 Å². The summed E-state index contributed by atoms with van der Waals surface area (Å²) in [5, 5.41) is 5.68. The van der Waals surface area contributed by atoms with Crippen LogP contribution in [0.5, 0.6) is 5.75 Å². The van der Waals surface area contributed by atoms with E-state index in [0.717, 1.165) is 25.5 Å². The number of benzene rings is 1. The second-order valence-electron chi connectivity index (χ2n) is 6.20. The molecule has 1 amide bonds. The first-order valence-corrected chi connectivity index (χ1v) is 8.15. The highest BCUT2D eigenvalue weighted by molar-refractivity contribution is 5.81. The third-order valence-electron chi connectivity index (χ3n) is 3.84. The van der Waals surface area contributed by atoms with Crippen LogP contribution >= 0.6 is 0 Å². The van der Waals surface area contributed by atoms with Gasteiger partial charge in [-0.15, -0.1) is 0 Å². The van der Waals surface area contributed by atoms with Crippen molar-refractivity contribution in [1.82, 2.24) is 10.6 Å². The summed E-state index contributed by atoms with van der Waals surface area (Å²) in [6, 6.07) is 3.52. The molecule has 1 aliphatic heterocycles. The minimum atomic E-state index is -4.50. The lowest BCUT2D eigenvalue weighted by Crippen LogP contribution is -2.46. The number of hydrogen-bond donors (Lipinski definition) is 2. The molecule has 0 spiro atoms. The summed E-state index contributed by atoms with van der Waals surface area (Å²) in [5.74, 6) is -0.0910. The van der Waals surface area contributed by atoms with E-state index in [0.29, 0.717) is 6.42 Å². The average molecular weight is 344 g/mol. The molecular formula is C17H23F3N2O2. The van der Waals surface area contributed by atoms with Gasteiger partial charge in [0, 0.05) is 6.54 Å². The Labute approximate surface area is 139 Å². The summed E-state index contributed by atoms with van der Waals surface area (Å²) in [6.07, 6.45) is -2.05. The van der Waals surface area contributed by atoms with Gasteiger partial charge >= 0.3 is 6.18 Å². The lowest BCUT2D eigenvalue weighted by molar-refractivity contribution is -0.138. The number of carbonyl (C=O) groups excluding carboxylic acids is 1. The lowest BCUT2D eigenvalue weighted by atomic mass is 10.0. The third-order valence-corrected chi connectivity index (χ3v) is 3.84. The summed E-state index contributed by atoms with van der Waals surface area (Å²) >= 11 is 0. The van der Waals surface area contributed by atoms with Gasteiger partial charge in [0.2, 0.25) is 5.91 Å². The Morgan fingerprint density at radius 3 is 2.71 bits per heavy atom. The largest absolute Gasteiger partial charge is 0.491 e. The van der Waals surface area contributed by atoms with Crippen molar-refractivity contribution in [2.45, 2.75) is 58.0 Å². The van der Waals surface area contributed by atoms with Crippen molar-refractivity contribution in [2.75, 3.05) is 6.54 Å². The van der Waals surface area contributed by atoms with Crippen molar-refractivity contribution in [3.63, 3.8) is 0 Å². The van der Waals surface area contributed by atoms with Crippen LogP contribution in [0.2, 0.25) is 0 Å². The molecule has 1 unspecified atom stereocenters. The zero-order valence-electron chi connectivity index (χ0n) is 13.9. The van der Waals surface area contributed by atoms with E-state index in [1.165, 1.54) is 12.1 Å². The van der Waals surface area contributed by atoms with E-state index in [-0.39, 0.29) is 35.9 Å². The van der Waals surface area contributed by atoms with Gasteiger partial charge in [0.1, 0.15) is 5.75 Å². The molecule has 0 radical (unpaired) electrons. The van der Waals surface area contributed by atoms with E-state index in [1.807, 2.05) is 0 Å². The van der Waals surface area contributed by atoms with Gasteiger partial charge in [-0.3, -0.25) is 4.79 Å². The van der Waals surface area contributed by atoms with Gasteiger partial charge < -0.3 is 15.4 Å². The van der Waals surface area contributed by atoms with Crippen molar-refractivity contribution in [3.8, 4) is 5.75 Å². The molecule has 0 aromatic heterocycles. The van der Waals surface area contributed by atoms with Crippen LogP contribution in [0.4, 0.5) is 13.2 Å². The fraction of sp³-hybridized carbons (Fsp3) is 0.588. The van der Waals surface area contributed by atoms with E-state index >= 15 is 0 Å². The van der Waals surface area contributed by atoms with Gasteiger partial charge in [-0.2, -0.15) is 13.2 Å². The van der Waals surface area contributed by atoms with Gasteiger partial charge in [0.05, 0.1) is 17.7 Å².